The molecule has 3 nitrogen and oxygen atoms in total. The predicted octanol–water partition coefficient (Wildman–Crippen LogP) is 3.08. The highest BCUT2D eigenvalue weighted by atomic mass is 32.2. The van der Waals surface area contributed by atoms with Gasteiger partial charge in [-0.3, -0.25) is 0 Å². The van der Waals surface area contributed by atoms with Gasteiger partial charge in [0.1, 0.15) is 0 Å². The number of hydrogen-bond donors (Lipinski definition) is 1. The van der Waals surface area contributed by atoms with E-state index in [1.807, 2.05) is 17.8 Å². The Kier molecular flexibility index (Phi) is 2.52. The summed E-state index contributed by atoms with van der Waals surface area (Å²) in [5.41, 5.74) is 2.99. The third-order valence-corrected chi connectivity index (χ3v) is 4.23. The minimum Gasteiger partial charge on any atom is -0.304 e. The maximum absolute atomic E-state index is 11.1. The topological polar surface area (TPSA) is 43.2 Å². The van der Waals surface area contributed by atoms with E-state index in [-0.39, 0.29) is 6.03 Å². The fraction of sp³-hybridized carbons (Fsp3) is 0.417. The van der Waals surface area contributed by atoms with Crippen LogP contribution in [-0.4, -0.2) is 17.5 Å². The molecular weight excluding hydrogens is 220 g/mol. The van der Waals surface area contributed by atoms with E-state index in [1.54, 1.807) is 0 Å². The normalized spacial score (nSPS) is 20.1. The van der Waals surface area contributed by atoms with Gasteiger partial charge in [0, 0.05) is 0 Å². The third kappa shape index (κ3) is 1.78. The number of fused-ring (bicyclic) bond motifs is 1. The van der Waals surface area contributed by atoms with Gasteiger partial charge in [0.25, 0.3) is 0 Å². The summed E-state index contributed by atoms with van der Waals surface area (Å²) in [5.74, 6) is 3.14. The van der Waals surface area contributed by atoms with Gasteiger partial charge in [-0.15, -0.1) is 0 Å². The molecule has 16 heavy (non-hydrogen) atoms. The molecule has 1 saturated heterocycles. The van der Waals surface area contributed by atoms with Gasteiger partial charge in [0.2, 0.25) is 0 Å². The number of nitrogens with zero attached hydrogens (tertiary/aromatic N) is 1. The highest BCUT2D eigenvalue weighted by Gasteiger charge is 2.22. The standard InChI is InChI=1S/C12H13N2OS/c15-12-13-10-2-1-9(7-11(10)14-12)8-3-5-16-6-4-8/h1-2,7-8H,3-6H2,(H,13,15). The molecule has 1 radical (unpaired) electrons. The first kappa shape index (κ1) is 10.0. The summed E-state index contributed by atoms with van der Waals surface area (Å²) in [6.45, 7) is 0. The lowest BCUT2D eigenvalue weighted by molar-refractivity contribution is 0.256. The van der Waals surface area contributed by atoms with Crippen molar-refractivity contribution in [2.45, 2.75) is 18.8 Å². The van der Waals surface area contributed by atoms with Crippen LogP contribution in [0.15, 0.2) is 18.2 Å². The number of thioether (sulfide) groups is 1. The first-order valence-corrected chi connectivity index (χ1v) is 6.73. The molecule has 0 aromatic heterocycles. The Hall–Kier alpha value is -1.16. The van der Waals surface area contributed by atoms with Crippen LogP contribution >= 0.6 is 11.8 Å². The molecule has 2 aliphatic rings. The average molecular weight is 233 g/mol. The molecular formula is C12H13N2OS. The number of anilines is 1. The van der Waals surface area contributed by atoms with Gasteiger partial charge in [-0.1, -0.05) is 6.07 Å². The van der Waals surface area contributed by atoms with Gasteiger partial charge in [0.15, 0.2) is 0 Å². The first-order valence-electron chi connectivity index (χ1n) is 5.57. The average Bonchev–Trinajstić information content (AvgIpc) is 2.69. The molecule has 4 heteroatoms. The second kappa shape index (κ2) is 4.01. The van der Waals surface area contributed by atoms with Crippen LogP contribution in [0.3, 0.4) is 0 Å². The Balaban J connectivity index is 1.86. The summed E-state index contributed by atoms with van der Waals surface area (Å²) >= 11 is 2.03. The lowest BCUT2D eigenvalue weighted by atomic mass is 9.93. The fourth-order valence-corrected chi connectivity index (χ4v) is 3.39. The van der Waals surface area contributed by atoms with Gasteiger partial charge in [-0.05, 0) is 48.0 Å². The summed E-state index contributed by atoms with van der Waals surface area (Å²) in [6.07, 6.45) is 2.48. The molecule has 0 saturated carbocycles. The van der Waals surface area contributed by atoms with Crippen LogP contribution < -0.4 is 10.6 Å². The van der Waals surface area contributed by atoms with Gasteiger partial charge >= 0.3 is 6.03 Å². The van der Waals surface area contributed by atoms with Gasteiger partial charge in [-0.2, -0.15) is 17.1 Å². The third-order valence-electron chi connectivity index (χ3n) is 3.18. The molecule has 1 aromatic carbocycles. The molecule has 1 N–H and O–H groups in total. The molecule has 0 atom stereocenters. The van der Waals surface area contributed by atoms with E-state index in [2.05, 4.69) is 22.8 Å². The van der Waals surface area contributed by atoms with Gasteiger partial charge < -0.3 is 5.32 Å². The largest absolute Gasteiger partial charge is 0.346 e. The summed E-state index contributed by atoms with van der Waals surface area (Å²) in [5, 5.41) is 6.67. The lowest BCUT2D eigenvalue weighted by Crippen LogP contribution is -2.08. The number of carbonyl (C=O) groups is 1. The Morgan fingerprint density at radius 1 is 1.31 bits per heavy atom. The van der Waals surface area contributed by atoms with Crippen LogP contribution in [0.25, 0.3) is 0 Å². The summed E-state index contributed by atoms with van der Waals surface area (Å²) in [7, 11) is 0. The van der Waals surface area contributed by atoms with E-state index in [0.717, 1.165) is 11.4 Å². The minimum absolute atomic E-state index is 0.244. The van der Waals surface area contributed by atoms with Crippen molar-refractivity contribution in [3.8, 4) is 0 Å². The number of amides is 2. The maximum Gasteiger partial charge on any atom is 0.346 e. The molecule has 0 unspecified atom stereocenters. The SMILES string of the molecule is O=C1[N]c2cc(C3CCSCC3)ccc2N1. The fourth-order valence-electron chi connectivity index (χ4n) is 2.28. The Labute approximate surface area is 99.0 Å². The van der Waals surface area contributed by atoms with Crippen LogP contribution in [0.4, 0.5) is 16.2 Å². The first-order chi connectivity index (χ1) is 7.83. The van der Waals surface area contributed by atoms with Crippen molar-refractivity contribution >= 4 is 29.2 Å². The molecule has 1 fully saturated rings. The highest BCUT2D eigenvalue weighted by molar-refractivity contribution is 7.99. The molecule has 1 aromatic rings. The monoisotopic (exact) mass is 233 g/mol. The van der Waals surface area contributed by atoms with E-state index in [9.17, 15) is 4.79 Å². The van der Waals surface area contributed by atoms with Gasteiger partial charge in [-0.25, -0.2) is 4.79 Å². The predicted molar refractivity (Wildman–Crippen MR) is 66.6 cm³/mol. The molecule has 2 heterocycles. The van der Waals surface area contributed by atoms with Gasteiger partial charge in [0.05, 0.1) is 11.4 Å². The molecule has 0 aliphatic carbocycles. The van der Waals surface area contributed by atoms with Crippen molar-refractivity contribution in [2.24, 2.45) is 0 Å². The summed E-state index contributed by atoms with van der Waals surface area (Å²) in [6, 6.07) is 5.92. The molecule has 0 bridgehead atoms. The number of rotatable bonds is 1. The Morgan fingerprint density at radius 2 is 2.12 bits per heavy atom. The number of nitrogens with one attached hydrogen (secondary N) is 1. The van der Waals surface area contributed by atoms with Crippen molar-refractivity contribution in [1.82, 2.24) is 5.32 Å². The van der Waals surface area contributed by atoms with Crippen LogP contribution in [0.1, 0.15) is 24.3 Å². The van der Waals surface area contributed by atoms with Crippen LogP contribution in [0, 0.1) is 0 Å². The summed E-state index contributed by atoms with van der Waals surface area (Å²) in [4.78, 5) is 11.1. The second-order valence-corrected chi connectivity index (χ2v) is 5.43. The van der Waals surface area contributed by atoms with Crippen molar-refractivity contribution in [1.29, 1.82) is 0 Å². The second-order valence-electron chi connectivity index (χ2n) is 4.21. The molecule has 2 amide bonds. The van der Waals surface area contributed by atoms with Crippen LogP contribution in [-0.2, 0) is 0 Å². The number of urea groups is 1. The van der Waals surface area contributed by atoms with E-state index in [4.69, 9.17) is 0 Å². The zero-order valence-corrected chi connectivity index (χ0v) is 9.72. The molecule has 3 rings (SSSR count). The van der Waals surface area contributed by atoms with E-state index in [1.165, 1.54) is 29.9 Å². The van der Waals surface area contributed by atoms with Crippen molar-refractivity contribution < 1.29 is 4.79 Å². The van der Waals surface area contributed by atoms with E-state index < -0.39 is 0 Å². The van der Waals surface area contributed by atoms with E-state index in [0.29, 0.717) is 5.92 Å². The number of carbonyl (C=O) groups excluding carboxylic acids is 1. The zero-order valence-electron chi connectivity index (χ0n) is 8.90. The Bertz CT molecular complexity index is 427. The van der Waals surface area contributed by atoms with Crippen molar-refractivity contribution in [2.75, 3.05) is 16.8 Å². The molecule has 2 aliphatic heterocycles. The molecule has 83 valence electrons. The lowest BCUT2D eigenvalue weighted by Gasteiger charge is -2.21. The van der Waals surface area contributed by atoms with Crippen molar-refractivity contribution in [3.05, 3.63) is 23.8 Å². The smallest absolute Gasteiger partial charge is 0.304 e. The zero-order chi connectivity index (χ0) is 11.0. The van der Waals surface area contributed by atoms with Crippen LogP contribution in [0.5, 0.6) is 0 Å². The number of hydrogen-bond acceptors (Lipinski definition) is 2. The Morgan fingerprint density at radius 3 is 2.94 bits per heavy atom. The minimum atomic E-state index is -0.244. The van der Waals surface area contributed by atoms with Crippen LogP contribution in [0.2, 0.25) is 0 Å². The molecule has 0 spiro atoms. The summed E-state index contributed by atoms with van der Waals surface area (Å²) < 4.78 is 0. The van der Waals surface area contributed by atoms with Crippen molar-refractivity contribution in [3.63, 3.8) is 0 Å². The quantitative estimate of drug-likeness (QED) is 0.810. The maximum atomic E-state index is 11.1. The van der Waals surface area contributed by atoms with E-state index >= 15 is 0 Å². The number of benzene rings is 1. The highest BCUT2D eigenvalue weighted by Crippen LogP contribution is 2.36.